The predicted molar refractivity (Wildman–Crippen MR) is 43.0 cm³/mol. The van der Waals surface area contributed by atoms with Crippen molar-refractivity contribution < 1.29 is 0 Å². The number of nitrogens with one attached hydrogen (secondary N) is 1. The van der Waals surface area contributed by atoms with Crippen molar-refractivity contribution in [2.75, 3.05) is 6.54 Å². The number of hydrogen-bond donors (Lipinski definition) is 1. The van der Waals surface area contributed by atoms with E-state index in [2.05, 4.69) is 36.7 Å². The van der Waals surface area contributed by atoms with Crippen LogP contribution in [0.5, 0.6) is 0 Å². The molecule has 0 heterocycles. The smallest absolute Gasteiger partial charge is 0.0486 e. The average Bonchev–Trinajstić information content (AvgIpc) is 1.61. The summed E-state index contributed by atoms with van der Waals surface area (Å²) in [7, 11) is 0. The molecule has 0 aromatic carbocycles. The standard InChI is InChI=1S/C4H6ClNS2/c1-3(5)2-6-4(7)8/h1-2H2,(H2,6,7,8)/p-1. The molecule has 0 aliphatic carbocycles. The van der Waals surface area contributed by atoms with Gasteiger partial charge in [0.15, 0.2) is 0 Å². The third-order valence-electron chi connectivity index (χ3n) is 0.425. The van der Waals surface area contributed by atoms with E-state index in [1.807, 2.05) is 0 Å². The largest absolute Gasteiger partial charge is 0.412 e. The molecule has 8 heavy (non-hydrogen) atoms. The summed E-state index contributed by atoms with van der Waals surface area (Å²) in [5, 5.41) is 3.17. The summed E-state index contributed by atoms with van der Waals surface area (Å²) in [5.74, 6) is 0. The minimum absolute atomic E-state index is 0.326. The maximum absolute atomic E-state index is 5.36. The first-order chi connectivity index (χ1) is 3.63. The SMILES string of the molecule is C=C(Cl)CNC(=S)[S-]. The van der Waals surface area contributed by atoms with E-state index >= 15 is 0 Å². The third kappa shape index (κ3) is 6.14. The van der Waals surface area contributed by atoms with Gasteiger partial charge in [0.1, 0.15) is 0 Å². The first-order valence-electron chi connectivity index (χ1n) is 1.91. The lowest BCUT2D eigenvalue weighted by atomic mass is 10.6. The van der Waals surface area contributed by atoms with Crippen LogP contribution in [0.3, 0.4) is 0 Å². The Hall–Kier alpha value is 0.140. The Bertz CT molecular complexity index is 98.6. The van der Waals surface area contributed by atoms with E-state index in [0.717, 1.165) is 0 Å². The zero-order valence-electron chi connectivity index (χ0n) is 4.11. The molecule has 0 aromatic rings. The van der Waals surface area contributed by atoms with Gasteiger partial charge < -0.3 is 30.2 Å². The molecule has 1 nitrogen and oxygen atoms in total. The molecule has 0 aliphatic heterocycles. The molecule has 0 spiro atoms. The van der Waals surface area contributed by atoms with E-state index < -0.39 is 0 Å². The summed E-state index contributed by atoms with van der Waals surface area (Å²) in [6, 6.07) is 0. The van der Waals surface area contributed by atoms with Crippen molar-refractivity contribution in [3.63, 3.8) is 0 Å². The van der Waals surface area contributed by atoms with Gasteiger partial charge in [0, 0.05) is 11.6 Å². The maximum Gasteiger partial charge on any atom is 0.0486 e. The highest BCUT2D eigenvalue weighted by Gasteiger charge is 1.81. The lowest BCUT2D eigenvalue weighted by Crippen LogP contribution is -2.19. The average molecular weight is 167 g/mol. The lowest BCUT2D eigenvalue weighted by Gasteiger charge is -2.06. The Morgan fingerprint density at radius 1 is 1.88 bits per heavy atom. The summed E-state index contributed by atoms with van der Waals surface area (Å²) in [6.45, 7) is 3.89. The fourth-order valence-electron chi connectivity index (χ4n) is 0.168. The lowest BCUT2D eigenvalue weighted by molar-refractivity contribution is 1.07. The fraction of sp³-hybridized carbons (Fsp3) is 0.250. The van der Waals surface area contributed by atoms with Crippen LogP contribution in [-0.4, -0.2) is 10.9 Å². The van der Waals surface area contributed by atoms with Gasteiger partial charge >= 0.3 is 0 Å². The number of rotatable bonds is 2. The maximum atomic E-state index is 5.36. The van der Waals surface area contributed by atoms with Gasteiger partial charge in [-0.1, -0.05) is 22.5 Å². The van der Waals surface area contributed by atoms with Gasteiger partial charge in [0.2, 0.25) is 0 Å². The van der Waals surface area contributed by atoms with E-state index in [9.17, 15) is 0 Å². The molecule has 0 aliphatic rings. The minimum atomic E-state index is 0.326. The molecule has 0 saturated carbocycles. The second kappa shape index (κ2) is 4.06. The molecule has 4 heteroatoms. The minimum Gasteiger partial charge on any atom is -0.412 e. The molecule has 0 fully saturated rings. The third-order valence-corrected chi connectivity index (χ3v) is 0.847. The predicted octanol–water partition coefficient (Wildman–Crippen LogP) is 1.16. The normalized spacial score (nSPS) is 8.12. The van der Waals surface area contributed by atoms with Gasteiger partial charge in [-0.15, -0.1) is 0 Å². The van der Waals surface area contributed by atoms with Crippen molar-refractivity contribution >= 4 is 40.8 Å². The highest BCUT2D eigenvalue weighted by molar-refractivity contribution is 8.00. The van der Waals surface area contributed by atoms with E-state index in [0.29, 0.717) is 15.9 Å². The van der Waals surface area contributed by atoms with Crippen LogP contribution in [0.1, 0.15) is 0 Å². The summed E-state index contributed by atoms with van der Waals surface area (Å²) in [6.07, 6.45) is 0. The summed E-state index contributed by atoms with van der Waals surface area (Å²) >= 11 is 14.4. The van der Waals surface area contributed by atoms with Crippen molar-refractivity contribution in [3.8, 4) is 0 Å². The van der Waals surface area contributed by atoms with Crippen molar-refractivity contribution in [2.24, 2.45) is 0 Å². The molecule has 0 aromatic heterocycles. The Labute approximate surface area is 64.5 Å². The van der Waals surface area contributed by atoms with E-state index in [4.69, 9.17) is 11.6 Å². The van der Waals surface area contributed by atoms with Crippen LogP contribution >= 0.6 is 23.8 Å². The molecule has 0 radical (unpaired) electrons. The Morgan fingerprint density at radius 3 is 2.50 bits per heavy atom. The van der Waals surface area contributed by atoms with Crippen molar-refractivity contribution in [2.45, 2.75) is 0 Å². The summed E-state index contributed by atoms with van der Waals surface area (Å²) in [4.78, 5) is 0. The van der Waals surface area contributed by atoms with Crippen molar-refractivity contribution in [1.29, 1.82) is 0 Å². The molecule has 0 bridgehead atoms. The van der Waals surface area contributed by atoms with Gasteiger partial charge in [-0.2, -0.15) is 0 Å². The Kier molecular flexibility index (Phi) is 4.13. The molecular formula is C4H5ClNS2-. The summed E-state index contributed by atoms with van der Waals surface area (Å²) < 4.78 is 0.326. The van der Waals surface area contributed by atoms with E-state index in [1.54, 1.807) is 0 Å². The monoisotopic (exact) mass is 166 g/mol. The highest BCUT2D eigenvalue weighted by atomic mass is 35.5. The van der Waals surface area contributed by atoms with Gasteiger partial charge in [0.05, 0.1) is 0 Å². The van der Waals surface area contributed by atoms with Gasteiger partial charge in [-0.3, -0.25) is 0 Å². The molecule has 1 N–H and O–H groups in total. The van der Waals surface area contributed by atoms with Gasteiger partial charge in [0.25, 0.3) is 0 Å². The second-order valence-corrected chi connectivity index (χ2v) is 2.77. The number of thiocarbonyl (C=S) groups is 1. The van der Waals surface area contributed by atoms with Crippen LogP contribution in [0, 0.1) is 0 Å². The van der Waals surface area contributed by atoms with Crippen LogP contribution in [0.2, 0.25) is 0 Å². The quantitative estimate of drug-likeness (QED) is 0.489. The molecule has 0 rings (SSSR count). The van der Waals surface area contributed by atoms with Crippen molar-refractivity contribution in [3.05, 3.63) is 11.6 Å². The molecule has 0 atom stereocenters. The Balaban J connectivity index is 3.18. The summed E-state index contributed by atoms with van der Waals surface area (Å²) in [5.41, 5.74) is 0. The van der Waals surface area contributed by atoms with Gasteiger partial charge in [-0.05, 0) is 0 Å². The first-order valence-corrected chi connectivity index (χ1v) is 3.10. The molecular weight excluding hydrogens is 162 g/mol. The van der Waals surface area contributed by atoms with Crippen LogP contribution in [0.25, 0.3) is 0 Å². The molecule has 0 saturated heterocycles. The second-order valence-electron chi connectivity index (χ2n) is 1.16. The van der Waals surface area contributed by atoms with Crippen LogP contribution in [0.15, 0.2) is 11.6 Å². The molecule has 0 amide bonds. The van der Waals surface area contributed by atoms with Crippen LogP contribution in [0.4, 0.5) is 0 Å². The Morgan fingerprint density at radius 2 is 2.38 bits per heavy atom. The fourth-order valence-corrected chi connectivity index (χ4v) is 0.379. The molecule has 0 unspecified atom stereocenters. The van der Waals surface area contributed by atoms with Crippen LogP contribution in [-0.2, 0) is 12.6 Å². The highest BCUT2D eigenvalue weighted by Crippen LogP contribution is 1.91. The topological polar surface area (TPSA) is 12.0 Å². The number of hydrogen-bond acceptors (Lipinski definition) is 2. The zero-order chi connectivity index (χ0) is 6.57. The molecule has 46 valence electrons. The zero-order valence-corrected chi connectivity index (χ0v) is 6.50. The first kappa shape index (κ1) is 8.14. The van der Waals surface area contributed by atoms with Crippen LogP contribution < -0.4 is 5.32 Å². The number of halogens is 1. The van der Waals surface area contributed by atoms with E-state index in [-0.39, 0.29) is 0 Å². The van der Waals surface area contributed by atoms with E-state index in [1.165, 1.54) is 0 Å². The van der Waals surface area contributed by atoms with Gasteiger partial charge in [-0.25, -0.2) is 0 Å². The van der Waals surface area contributed by atoms with Crippen molar-refractivity contribution in [1.82, 2.24) is 5.32 Å².